The Kier molecular flexibility index (Phi) is 5.54. The van der Waals surface area contributed by atoms with E-state index in [-0.39, 0.29) is 17.0 Å². The van der Waals surface area contributed by atoms with Crippen LogP contribution in [0.15, 0.2) is 60.7 Å². The number of nitrogens with one attached hydrogen (secondary N) is 2. The third-order valence-electron chi connectivity index (χ3n) is 9.32. The molecule has 2 N–H and O–H groups in total. The number of benzene rings is 4. The van der Waals surface area contributed by atoms with Crippen LogP contribution in [0.5, 0.6) is 0 Å². The van der Waals surface area contributed by atoms with Crippen LogP contribution >= 0.6 is 0 Å². The molecule has 0 aromatic heterocycles. The number of hydrogen-bond acceptors (Lipinski definition) is 4. The van der Waals surface area contributed by atoms with E-state index >= 15 is 0 Å². The predicted octanol–water partition coefficient (Wildman–Crippen LogP) is 8.47. The molecule has 2 aliphatic carbocycles. The molecule has 1 aliphatic heterocycles. The summed E-state index contributed by atoms with van der Waals surface area (Å²) in [6.45, 7) is 8.74. The molecule has 2 bridgehead atoms. The molecule has 40 heavy (non-hydrogen) atoms. The van der Waals surface area contributed by atoms with E-state index in [1.165, 1.54) is 33.4 Å². The summed E-state index contributed by atoms with van der Waals surface area (Å²) in [6.07, 6.45) is 5.01. The van der Waals surface area contributed by atoms with E-state index in [0.717, 1.165) is 43.5 Å². The van der Waals surface area contributed by atoms with Gasteiger partial charge in [0.15, 0.2) is 11.6 Å². The van der Waals surface area contributed by atoms with Crippen LogP contribution in [0, 0.1) is 13.8 Å². The third-order valence-corrected chi connectivity index (χ3v) is 9.32. The summed E-state index contributed by atoms with van der Waals surface area (Å²) in [6, 6.07) is 20.4. The van der Waals surface area contributed by atoms with Crippen molar-refractivity contribution in [3.63, 3.8) is 0 Å². The molecule has 0 amide bonds. The lowest BCUT2D eigenvalue weighted by molar-refractivity contribution is 0.0980. The fourth-order valence-electron chi connectivity index (χ4n) is 7.25. The summed E-state index contributed by atoms with van der Waals surface area (Å²) in [4.78, 5) is 28.2. The van der Waals surface area contributed by atoms with E-state index in [2.05, 4.69) is 62.6 Å². The lowest BCUT2D eigenvalue weighted by Crippen LogP contribution is -2.37. The molecule has 0 atom stereocenters. The smallest absolute Gasteiger partial charge is 0.196 e. The van der Waals surface area contributed by atoms with Crippen molar-refractivity contribution in [2.45, 2.75) is 65.2 Å². The number of rotatable bonds is 2. The molecular weight excluding hydrogens is 492 g/mol. The van der Waals surface area contributed by atoms with Crippen molar-refractivity contribution >= 4 is 34.3 Å². The van der Waals surface area contributed by atoms with Gasteiger partial charge in [-0.15, -0.1) is 0 Å². The van der Waals surface area contributed by atoms with Gasteiger partial charge in [0.05, 0.1) is 22.5 Å². The fraction of sp³-hybridized carbons (Fsp3) is 0.278. The molecule has 0 saturated heterocycles. The van der Waals surface area contributed by atoms with Crippen molar-refractivity contribution in [3.05, 3.63) is 116 Å². The van der Waals surface area contributed by atoms with Crippen molar-refractivity contribution in [2.75, 3.05) is 10.6 Å². The first-order valence-electron chi connectivity index (χ1n) is 14.5. The SMILES string of the molecule is CCc1cc(C)cc2c1Nc1ccc(c3c1C(=O)c1ccccc1C3=O)Nc1c(CC)cc(C)cc1C21CCC1. The van der Waals surface area contributed by atoms with Crippen LogP contribution in [0.25, 0.3) is 0 Å². The number of carbonyl (C=O) groups is 2. The van der Waals surface area contributed by atoms with Gasteiger partial charge in [0, 0.05) is 27.9 Å². The van der Waals surface area contributed by atoms with E-state index in [4.69, 9.17) is 0 Å². The molecule has 1 saturated carbocycles. The second kappa shape index (κ2) is 8.92. The Bertz CT molecular complexity index is 1640. The summed E-state index contributed by atoms with van der Waals surface area (Å²) in [5.41, 5.74) is 12.8. The van der Waals surface area contributed by atoms with E-state index in [9.17, 15) is 9.59 Å². The topological polar surface area (TPSA) is 58.2 Å². The second-order valence-corrected chi connectivity index (χ2v) is 11.7. The third kappa shape index (κ3) is 3.38. The molecule has 200 valence electrons. The molecule has 4 aromatic carbocycles. The molecule has 0 unspecified atom stereocenters. The zero-order valence-electron chi connectivity index (χ0n) is 23.6. The molecule has 4 heteroatoms. The van der Waals surface area contributed by atoms with Gasteiger partial charge >= 0.3 is 0 Å². The first-order valence-corrected chi connectivity index (χ1v) is 14.5. The predicted molar refractivity (Wildman–Crippen MR) is 162 cm³/mol. The molecular formula is C36H34N2O2. The molecule has 1 spiro atoms. The van der Waals surface area contributed by atoms with Crippen molar-refractivity contribution < 1.29 is 9.59 Å². The number of hydrogen-bond donors (Lipinski definition) is 2. The number of ketones is 2. The van der Waals surface area contributed by atoms with Gasteiger partial charge in [0.1, 0.15) is 0 Å². The Balaban J connectivity index is 1.62. The summed E-state index contributed by atoms with van der Waals surface area (Å²) < 4.78 is 0. The molecule has 3 aliphatic rings. The minimum absolute atomic E-state index is 0.111. The Morgan fingerprint density at radius 1 is 0.675 bits per heavy atom. The molecule has 4 aromatic rings. The molecule has 0 radical (unpaired) electrons. The number of anilines is 4. The van der Waals surface area contributed by atoms with Crippen molar-refractivity contribution in [1.29, 1.82) is 0 Å². The summed E-state index contributed by atoms with van der Waals surface area (Å²) >= 11 is 0. The zero-order chi connectivity index (χ0) is 27.8. The summed E-state index contributed by atoms with van der Waals surface area (Å²) in [5, 5.41) is 7.53. The van der Waals surface area contributed by atoms with Gasteiger partial charge in [0.2, 0.25) is 0 Å². The molecule has 1 heterocycles. The minimum Gasteiger partial charge on any atom is -0.354 e. The van der Waals surface area contributed by atoms with Crippen LogP contribution in [-0.2, 0) is 18.3 Å². The highest BCUT2D eigenvalue weighted by Gasteiger charge is 2.45. The van der Waals surface area contributed by atoms with E-state index in [1.54, 1.807) is 12.1 Å². The van der Waals surface area contributed by atoms with Gasteiger partial charge < -0.3 is 10.6 Å². The zero-order valence-corrected chi connectivity index (χ0v) is 23.6. The number of carbonyl (C=O) groups excluding carboxylic acids is 2. The Morgan fingerprint density at radius 3 is 1.50 bits per heavy atom. The first-order chi connectivity index (χ1) is 19.4. The van der Waals surface area contributed by atoms with Crippen LogP contribution in [-0.4, -0.2) is 11.6 Å². The maximum absolute atomic E-state index is 14.1. The maximum Gasteiger partial charge on any atom is 0.196 e. The van der Waals surface area contributed by atoms with Gasteiger partial charge in [-0.2, -0.15) is 0 Å². The Morgan fingerprint density at radius 2 is 1.12 bits per heavy atom. The highest BCUT2D eigenvalue weighted by atomic mass is 16.1. The molecule has 1 fully saturated rings. The van der Waals surface area contributed by atoms with Crippen molar-refractivity contribution in [1.82, 2.24) is 0 Å². The lowest BCUT2D eigenvalue weighted by atomic mass is 9.59. The van der Waals surface area contributed by atoms with Gasteiger partial charge in [0.25, 0.3) is 0 Å². The van der Waals surface area contributed by atoms with Crippen LogP contribution in [0.3, 0.4) is 0 Å². The fourth-order valence-corrected chi connectivity index (χ4v) is 7.25. The van der Waals surface area contributed by atoms with Gasteiger partial charge in [-0.1, -0.05) is 79.9 Å². The monoisotopic (exact) mass is 526 g/mol. The number of fused-ring (bicyclic) bond motifs is 11. The summed E-state index contributed by atoms with van der Waals surface area (Å²) in [7, 11) is 0. The van der Waals surface area contributed by atoms with E-state index in [1.807, 2.05) is 24.3 Å². The Labute approximate surface area is 235 Å². The second-order valence-electron chi connectivity index (χ2n) is 11.7. The van der Waals surface area contributed by atoms with E-state index < -0.39 is 0 Å². The maximum atomic E-state index is 14.1. The summed E-state index contributed by atoms with van der Waals surface area (Å²) in [5.74, 6) is -0.221. The highest BCUT2D eigenvalue weighted by Crippen LogP contribution is 2.56. The average Bonchev–Trinajstić information content (AvgIpc) is 2.96. The Hall–Kier alpha value is -4.18. The average molecular weight is 527 g/mol. The van der Waals surface area contributed by atoms with Crippen molar-refractivity contribution in [2.24, 2.45) is 0 Å². The first kappa shape index (κ1) is 24.8. The van der Waals surface area contributed by atoms with Crippen LogP contribution in [0.4, 0.5) is 22.7 Å². The van der Waals surface area contributed by atoms with Crippen LogP contribution in [0.1, 0.15) is 98.3 Å². The lowest BCUT2D eigenvalue weighted by Gasteiger charge is -2.46. The van der Waals surface area contributed by atoms with Crippen molar-refractivity contribution in [3.8, 4) is 0 Å². The van der Waals surface area contributed by atoms with Gasteiger partial charge in [-0.3, -0.25) is 9.59 Å². The number of aryl methyl sites for hydroxylation is 4. The molecule has 7 rings (SSSR count). The molecule has 4 nitrogen and oxygen atoms in total. The standard InChI is InChI=1S/C36H34N2O2/c1-5-22-16-20(3)18-26-32(22)37-28-12-13-29(31-30(28)34(39)24-10-7-8-11-25(24)35(31)40)38-33-23(6-2)17-21(4)19-27(33)36(26)14-9-15-36/h7-8,10-13,16-19,37-38H,5-6,9,14-15H2,1-4H3. The van der Waals surface area contributed by atoms with Gasteiger partial charge in [-0.05, 0) is 73.9 Å². The van der Waals surface area contributed by atoms with Crippen LogP contribution < -0.4 is 10.6 Å². The minimum atomic E-state index is -0.154. The largest absolute Gasteiger partial charge is 0.354 e. The van der Waals surface area contributed by atoms with Crippen LogP contribution in [0.2, 0.25) is 0 Å². The highest BCUT2D eigenvalue weighted by molar-refractivity contribution is 6.32. The van der Waals surface area contributed by atoms with Gasteiger partial charge in [-0.25, -0.2) is 0 Å². The van der Waals surface area contributed by atoms with E-state index in [0.29, 0.717) is 33.6 Å². The normalized spacial score (nSPS) is 16.1. The quantitative estimate of drug-likeness (QED) is 0.242.